The molecule has 0 aliphatic heterocycles. The van der Waals surface area contributed by atoms with Gasteiger partial charge in [0.2, 0.25) is 11.7 Å². The Labute approximate surface area is 160 Å². The Bertz CT molecular complexity index is 675. The molecule has 0 radical (unpaired) electrons. The molecule has 7 nitrogen and oxygen atoms in total. The predicted octanol–water partition coefficient (Wildman–Crippen LogP) is 2.45. The molecule has 0 unspecified atom stereocenters. The summed E-state index contributed by atoms with van der Waals surface area (Å²) in [5, 5.41) is 5.45. The smallest absolute Gasteiger partial charge is 0.251 e. The first-order valence-corrected chi connectivity index (χ1v) is 9.11. The van der Waals surface area contributed by atoms with Gasteiger partial charge in [0.25, 0.3) is 5.91 Å². The number of hydrogen-bond acceptors (Lipinski definition) is 5. The lowest BCUT2D eigenvalue weighted by Crippen LogP contribution is -2.37. The molecule has 0 saturated heterocycles. The van der Waals surface area contributed by atoms with Gasteiger partial charge in [-0.25, -0.2) is 0 Å². The van der Waals surface area contributed by atoms with Crippen molar-refractivity contribution in [1.29, 1.82) is 0 Å². The number of rotatable bonds is 9. The Morgan fingerprint density at radius 2 is 1.70 bits per heavy atom. The van der Waals surface area contributed by atoms with Crippen molar-refractivity contribution in [3.63, 3.8) is 0 Å². The number of ether oxygens (including phenoxy) is 3. The number of benzene rings is 1. The fraction of sp³-hybridized carbons (Fsp3) is 0.500. The minimum absolute atomic E-state index is 0.0887. The monoisotopic (exact) mass is 376 g/mol. The first kappa shape index (κ1) is 20.6. The fourth-order valence-corrected chi connectivity index (χ4v) is 3.03. The Balaban J connectivity index is 1.85. The number of nitrogens with one attached hydrogen (secondary N) is 2. The third-order valence-electron chi connectivity index (χ3n) is 4.49. The van der Waals surface area contributed by atoms with Gasteiger partial charge in [-0.1, -0.05) is 11.6 Å². The third-order valence-corrected chi connectivity index (χ3v) is 4.49. The molecule has 7 heteroatoms. The van der Waals surface area contributed by atoms with Gasteiger partial charge in [-0.05, 0) is 44.2 Å². The molecule has 0 aromatic heterocycles. The van der Waals surface area contributed by atoms with Crippen LogP contribution in [0.2, 0.25) is 0 Å². The summed E-state index contributed by atoms with van der Waals surface area (Å²) in [5.74, 6) is 0.567. The minimum Gasteiger partial charge on any atom is -0.493 e. The van der Waals surface area contributed by atoms with Crippen molar-refractivity contribution >= 4 is 11.8 Å². The van der Waals surface area contributed by atoms with E-state index in [2.05, 4.69) is 16.7 Å². The molecule has 1 aliphatic carbocycles. The number of carbonyl (C=O) groups excluding carboxylic acids is 2. The van der Waals surface area contributed by atoms with Gasteiger partial charge in [0.05, 0.1) is 27.9 Å². The molecule has 0 bridgehead atoms. The van der Waals surface area contributed by atoms with Crippen LogP contribution in [0.15, 0.2) is 23.8 Å². The van der Waals surface area contributed by atoms with E-state index in [1.807, 2.05) is 0 Å². The van der Waals surface area contributed by atoms with Gasteiger partial charge >= 0.3 is 0 Å². The molecule has 0 saturated carbocycles. The molecular weight excluding hydrogens is 348 g/mol. The number of methoxy groups -OCH3 is 3. The number of allylic oxidation sites excluding steroid dienone is 1. The van der Waals surface area contributed by atoms with Crippen LogP contribution in [0.5, 0.6) is 17.2 Å². The average Bonchev–Trinajstić information content (AvgIpc) is 2.71. The second-order valence-corrected chi connectivity index (χ2v) is 6.30. The topological polar surface area (TPSA) is 85.9 Å². The van der Waals surface area contributed by atoms with Crippen LogP contribution in [-0.2, 0) is 4.79 Å². The Morgan fingerprint density at radius 1 is 1.00 bits per heavy atom. The zero-order chi connectivity index (χ0) is 19.6. The zero-order valence-electron chi connectivity index (χ0n) is 16.2. The first-order valence-electron chi connectivity index (χ1n) is 9.11. The van der Waals surface area contributed by atoms with E-state index in [0.29, 0.717) is 29.4 Å². The van der Waals surface area contributed by atoms with Crippen molar-refractivity contribution in [2.45, 2.75) is 32.1 Å². The molecular formula is C20H28N2O5. The van der Waals surface area contributed by atoms with Gasteiger partial charge in [-0.15, -0.1) is 0 Å². The molecule has 1 aromatic rings. The van der Waals surface area contributed by atoms with E-state index in [1.165, 1.54) is 39.7 Å². The molecule has 2 rings (SSSR count). The Hall–Kier alpha value is -2.70. The lowest BCUT2D eigenvalue weighted by Gasteiger charge is -2.14. The lowest BCUT2D eigenvalue weighted by molar-refractivity contribution is -0.120. The Kier molecular flexibility index (Phi) is 7.98. The largest absolute Gasteiger partial charge is 0.493 e. The molecule has 0 atom stereocenters. The van der Waals surface area contributed by atoms with Crippen LogP contribution in [0.3, 0.4) is 0 Å². The van der Waals surface area contributed by atoms with Crippen molar-refractivity contribution < 1.29 is 23.8 Å². The summed E-state index contributed by atoms with van der Waals surface area (Å²) >= 11 is 0. The molecule has 2 amide bonds. The van der Waals surface area contributed by atoms with E-state index in [0.717, 1.165) is 19.3 Å². The Morgan fingerprint density at radius 3 is 2.26 bits per heavy atom. The van der Waals surface area contributed by atoms with E-state index in [1.54, 1.807) is 12.1 Å². The number of amides is 2. The second kappa shape index (κ2) is 10.4. The van der Waals surface area contributed by atoms with Crippen LogP contribution >= 0.6 is 0 Å². The van der Waals surface area contributed by atoms with Gasteiger partial charge in [-0.2, -0.15) is 0 Å². The highest BCUT2D eigenvalue weighted by molar-refractivity contribution is 5.97. The van der Waals surface area contributed by atoms with Crippen LogP contribution in [0.1, 0.15) is 42.5 Å². The second-order valence-electron chi connectivity index (χ2n) is 6.30. The quantitative estimate of drug-likeness (QED) is 0.647. The maximum absolute atomic E-state index is 12.4. The minimum atomic E-state index is -0.389. The highest BCUT2D eigenvalue weighted by atomic mass is 16.5. The SMILES string of the molecule is COc1cc(C(=O)NCC(=O)NCCC2=CCCCC2)cc(OC)c1OC. The number of hydrogen-bond donors (Lipinski definition) is 2. The van der Waals surface area contributed by atoms with Crippen molar-refractivity contribution in [2.75, 3.05) is 34.4 Å². The molecule has 2 N–H and O–H groups in total. The van der Waals surface area contributed by atoms with E-state index < -0.39 is 0 Å². The summed E-state index contributed by atoms with van der Waals surface area (Å²) in [4.78, 5) is 24.3. The van der Waals surface area contributed by atoms with E-state index in [9.17, 15) is 9.59 Å². The summed E-state index contributed by atoms with van der Waals surface area (Å²) in [6, 6.07) is 3.09. The lowest BCUT2D eigenvalue weighted by atomic mass is 9.97. The van der Waals surface area contributed by atoms with Crippen LogP contribution in [0.25, 0.3) is 0 Å². The molecule has 0 fully saturated rings. The van der Waals surface area contributed by atoms with Crippen LogP contribution in [0, 0.1) is 0 Å². The molecule has 0 heterocycles. The van der Waals surface area contributed by atoms with Crippen molar-refractivity contribution in [3.8, 4) is 17.2 Å². The van der Waals surface area contributed by atoms with Crippen LogP contribution in [0.4, 0.5) is 0 Å². The van der Waals surface area contributed by atoms with E-state index in [4.69, 9.17) is 14.2 Å². The first-order chi connectivity index (χ1) is 13.1. The molecule has 1 aliphatic rings. The van der Waals surface area contributed by atoms with Crippen LogP contribution < -0.4 is 24.8 Å². The maximum atomic E-state index is 12.4. The van der Waals surface area contributed by atoms with Gasteiger partial charge in [0, 0.05) is 12.1 Å². The zero-order valence-corrected chi connectivity index (χ0v) is 16.2. The summed E-state index contributed by atoms with van der Waals surface area (Å²) < 4.78 is 15.7. The van der Waals surface area contributed by atoms with Crippen LogP contribution in [-0.4, -0.2) is 46.2 Å². The molecule has 1 aromatic carbocycles. The van der Waals surface area contributed by atoms with Crippen molar-refractivity contribution in [3.05, 3.63) is 29.3 Å². The summed E-state index contributed by atoms with van der Waals surface area (Å²) in [5.41, 5.74) is 1.73. The van der Waals surface area contributed by atoms with Gasteiger partial charge in [-0.3, -0.25) is 9.59 Å². The van der Waals surface area contributed by atoms with Crippen molar-refractivity contribution in [2.24, 2.45) is 0 Å². The maximum Gasteiger partial charge on any atom is 0.251 e. The fourth-order valence-electron chi connectivity index (χ4n) is 3.03. The van der Waals surface area contributed by atoms with E-state index in [-0.39, 0.29) is 18.4 Å². The molecule has 27 heavy (non-hydrogen) atoms. The molecule has 0 spiro atoms. The number of carbonyl (C=O) groups is 2. The van der Waals surface area contributed by atoms with Crippen molar-refractivity contribution in [1.82, 2.24) is 10.6 Å². The molecule has 148 valence electrons. The van der Waals surface area contributed by atoms with E-state index >= 15 is 0 Å². The third kappa shape index (κ3) is 5.91. The predicted molar refractivity (Wildman–Crippen MR) is 103 cm³/mol. The summed E-state index contributed by atoms with van der Waals surface area (Å²) in [6.45, 7) is 0.499. The average molecular weight is 376 g/mol. The summed E-state index contributed by atoms with van der Waals surface area (Å²) in [6.07, 6.45) is 7.86. The van der Waals surface area contributed by atoms with Gasteiger partial charge < -0.3 is 24.8 Å². The highest BCUT2D eigenvalue weighted by Crippen LogP contribution is 2.38. The van der Waals surface area contributed by atoms with Gasteiger partial charge in [0.15, 0.2) is 11.5 Å². The highest BCUT2D eigenvalue weighted by Gasteiger charge is 2.17. The normalized spacial score (nSPS) is 13.4. The van der Waals surface area contributed by atoms with Gasteiger partial charge in [0.1, 0.15) is 0 Å². The standard InChI is InChI=1S/C20H28N2O5/c1-25-16-11-15(12-17(26-2)19(16)27-3)20(24)22-13-18(23)21-10-9-14-7-5-4-6-8-14/h7,11-12H,4-6,8-10,13H2,1-3H3,(H,21,23)(H,22,24). The summed E-state index contributed by atoms with van der Waals surface area (Å²) in [7, 11) is 4.45.